The molecule has 1 saturated heterocycles. The Morgan fingerprint density at radius 3 is 2.60 bits per heavy atom. The van der Waals surface area contributed by atoms with Crippen LogP contribution in [0.15, 0.2) is 66.3 Å². The van der Waals surface area contributed by atoms with E-state index in [0.29, 0.717) is 18.5 Å². The molecule has 1 heterocycles. The predicted octanol–water partition coefficient (Wildman–Crippen LogP) is 4.60. The van der Waals surface area contributed by atoms with Gasteiger partial charge in [-0.3, -0.25) is 9.59 Å². The van der Waals surface area contributed by atoms with Crippen LogP contribution in [0, 0.1) is 34.4 Å². The number of hydrogen-bond donors (Lipinski definition) is 3. The Labute approximate surface area is 250 Å². The van der Waals surface area contributed by atoms with Crippen LogP contribution in [-0.4, -0.2) is 46.2 Å². The number of aliphatic hydroxyl groups is 2. The zero-order valence-corrected chi connectivity index (χ0v) is 24.5. The van der Waals surface area contributed by atoms with Gasteiger partial charge in [-0.1, -0.05) is 49.8 Å². The number of carbonyl (C=O) groups excluding carboxylic acids is 2. The van der Waals surface area contributed by atoms with Crippen molar-refractivity contribution in [3.05, 3.63) is 88.8 Å². The smallest absolute Gasteiger partial charge is 0.193 e. The molecule has 8 heteroatoms. The topological polar surface area (TPSA) is 119 Å². The fraction of sp³-hybridized carbons (Fsp3) is 0.486. The Morgan fingerprint density at radius 2 is 1.88 bits per heavy atom. The SMILES string of the molecule is C[C@]12C=CC(=O)C=C1CC[C@@H]1[C@@H]2[C@@H](O)C[C@@]2(C)[C@H]1C[C@H]1OC(c3ccc(Cc4ccc(N)cc4)cc3F)O[C@]12C(=O)CO. The summed E-state index contributed by atoms with van der Waals surface area (Å²) in [5, 5.41) is 22.0. The molecule has 1 aliphatic heterocycles. The fourth-order valence-electron chi connectivity index (χ4n) is 9.57. The number of nitrogens with two attached hydrogens (primary N) is 1. The number of aliphatic hydroxyl groups excluding tert-OH is 2. The minimum atomic E-state index is -1.52. The first-order valence-corrected chi connectivity index (χ1v) is 15.2. The van der Waals surface area contributed by atoms with Gasteiger partial charge in [0.05, 0.1) is 12.2 Å². The number of ether oxygens (including phenoxy) is 2. The summed E-state index contributed by atoms with van der Waals surface area (Å²) >= 11 is 0. The largest absolute Gasteiger partial charge is 0.399 e. The summed E-state index contributed by atoms with van der Waals surface area (Å²) in [6.07, 6.45) is 5.47. The van der Waals surface area contributed by atoms with Crippen LogP contribution in [-0.2, 0) is 25.5 Å². The van der Waals surface area contributed by atoms with Gasteiger partial charge in [0.1, 0.15) is 12.4 Å². The Kier molecular flexibility index (Phi) is 6.60. The number of benzene rings is 2. The van der Waals surface area contributed by atoms with E-state index in [1.54, 1.807) is 18.2 Å². The van der Waals surface area contributed by atoms with Crippen LogP contribution in [0.5, 0.6) is 0 Å². The van der Waals surface area contributed by atoms with E-state index in [2.05, 4.69) is 6.92 Å². The first-order chi connectivity index (χ1) is 20.5. The molecule has 0 spiro atoms. The Balaban J connectivity index is 1.19. The van der Waals surface area contributed by atoms with Crippen LogP contribution in [0.3, 0.4) is 0 Å². The van der Waals surface area contributed by atoms with Gasteiger partial charge >= 0.3 is 0 Å². The van der Waals surface area contributed by atoms with Crippen LogP contribution in [0.4, 0.5) is 10.1 Å². The maximum absolute atomic E-state index is 15.6. The number of hydrogen-bond acceptors (Lipinski definition) is 7. The average molecular weight is 588 g/mol. The highest BCUT2D eigenvalue weighted by atomic mass is 19.1. The molecule has 7 nitrogen and oxygen atoms in total. The first kappa shape index (κ1) is 28.6. The quantitative estimate of drug-likeness (QED) is 0.438. The van der Waals surface area contributed by atoms with Gasteiger partial charge < -0.3 is 25.4 Å². The number of anilines is 1. The van der Waals surface area contributed by atoms with E-state index in [0.717, 1.165) is 29.5 Å². The van der Waals surface area contributed by atoms with E-state index in [1.165, 1.54) is 6.07 Å². The molecule has 4 N–H and O–H groups in total. The van der Waals surface area contributed by atoms with E-state index in [-0.39, 0.29) is 35.5 Å². The number of ketones is 2. The number of nitrogen functional groups attached to an aromatic ring is 1. The highest BCUT2D eigenvalue weighted by molar-refractivity contribution is 6.01. The summed E-state index contributed by atoms with van der Waals surface area (Å²) in [5.74, 6) is -1.12. The highest BCUT2D eigenvalue weighted by Gasteiger charge is 2.76. The van der Waals surface area contributed by atoms with E-state index in [1.807, 2.05) is 43.3 Å². The van der Waals surface area contributed by atoms with Gasteiger partial charge in [0.15, 0.2) is 23.5 Å². The van der Waals surface area contributed by atoms with Crippen LogP contribution < -0.4 is 5.73 Å². The molecule has 2 aromatic rings. The van der Waals surface area contributed by atoms with Gasteiger partial charge in [0.25, 0.3) is 0 Å². The van der Waals surface area contributed by atoms with Gasteiger partial charge in [-0.05, 0) is 85.4 Å². The van der Waals surface area contributed by atoms with E-state index in [4.69, 9.17) is 15.2 Å². The van der Waals surface area contributed by atoms with Gasteiger partial charge in [0, 0.05) is 28.0 Å². The van der Waals surface area contributed by atoms with Crippen molar-refractivity contribution in [2.45, 2.75) is 70.1 Å². The molecule has 1 unspecified atom stereocenters. The summed E-state index contributed by atoms with van der Waals surface area (Å²) in [7, 11) is 0. The standard InChI is InChI=1S/C35H38FNO6/c1-33-12-11-23(39)15-21(33)6-10-24-26-16-30-35(29(41)18-38,34(26,2)17-28(40)31(24)33)43-32(42-30)25-9-5-20(14-27(25)36)13-19-3-7-22(37)8-4-19/h3-5,7-9,11-12,14-15,24,26,28,30-32,38,40H,6,10,13,16-18,37H2,1-2H3/t24-,26-,28-,30+,31+,32?,33-,34-,35+/m0/s1. The Morgan fingerprint density at radius 1 is 1.14 bits per heavy atom. The van der Waals surface area contributed by atoms with Gasteiger partial charge in [0.2, 0.25) is 0 Å². The number of fused-ring (bicyclic) bond motifs is 7. The molecule has 0 amide bonds. The summed E-state index contributed by atoms with van der Waals surface area (Å²) in [5.41, 5.74) is 6.65. The maximum Gasteiger partial charge on any atom is 0.193 e. The second-order valence-electron chi connectivity index (χ2n) is 13.6. The molecule has 0 bridgehead atoms. The third kappa shape index (κ3) is 4.06. The molecule has 4 aliphatic carbocycles. The molecular weight excluding hydrogens is 549 g/mol. The zero-order chi connectivity index (χ0) is 30.3. The van der Waals surface area contributed by atoms with E-state index >= 15 is 4.39 Å². The Bertz CT molecular complexity index is 1550. The molecule has 0 radical (unpaired) electrons. The first-order valence-electron chi connectivity index (χ1n) is 15.2. The summed E-state index contributed by atoms with van der Waals surface area (Å²) in [6, 6.07) is 12.4. The molecule has 5 aliphatic rings. The number of allylic oxidation sites excluding steroid dienone is 4. The predicted molar refractivity (Wildman–Crippen MR) is 157 cm³/mol. The minimum absolute atomic E-state index is 0.0256. The third-order valence-electron chi connectivity index (χ3n) is 11.5. The number of Topliss-reactive ketones (excluding diaryl/α,β-unsaturated/α-hetero) is 1. The lowest BCUT2D eigenvalue weighted by Crippen LogP contribution is -2.63. The number of halogens is 1. The van der Waals surface area contributed by atoms with Crippen LogP contribution >= 0.6 is 0 Å². The Hall–Kier alpha value is -3.17. The van der Waals surface area contributed by atoms with Gasteiger partial charge in [-0.25, -0.2) is 4.39 Å². The fourth-order valence-corrected chi connectivity index (χ4v) is 9.57. The molecule has 2 aromatic carbocycles. The molecule has 9 atom stereocenters. The van der Waals surface area contributed by atoms with Crippen molar-refractivity contribution < 1.29 is 33.7 Å². The van der Waals surface area contributed by atoms with Crippen molar-refractivity contribution in [3.63, 3.8) is 0 Å². The molecular formula is C35H38FNO6. The molecule has 4 fully saturated rings. The summed E-state index contributed by atoms with van der Waals surface area (Å²) in [6.45, 7) is 3.32. The normalized spacial score (nSPS) is 39.5. The number of carbonyl (C=O) groups is 2. The second-order valence-corrected chi connectivity index (χ2v) is 13.6. The molecule has 0 aromatic heterocycles. The average Bonchev–Trinajstić information content (AvgIpc) is 3.47. The maximum atomic E-state index is 15.6. The van der Waals surface area contributed by atoms with Gasteiger partial charge in [-0.2, -0.15) is 0 Å². The summed E-state index contributed by atoms with van der Waals surface area (Å²) < 4.78 is 28.6. The number of rotatable bonds is 5. The minimum Gasteiger partial charge on any atom is -0.399 e. The molecule has 43 heavy (non-hydrogen) atoms. The van der Waals surface area contributed by atoms with E-state index < -0.39 is 53.1 Å². The van der Waals surface area contributed by atoms with Crippen molar-refractivity contribution >= 4 is 17.3 Å². The third-order valence-corrected chi connectivity index (χ3v) is 11.5. The lowest BCUT2D eigenvalue weighted by atomic mass is 9.46. The van der Waals surface area contributed by atoms with Gasteiger partial charge in [-0.15, -0.1) is 0 Å². The monoisotopic (exact) mass is 587 g/mol. The van der Waals surface area contributed by atoms with Crippen LogP contribution in [0.2, 0.25) is 0 Å². The van der Waals surface area contributed by atoms with Crippen molar-refractivity contribution in [2.75, 3.05) is 12.3 Å². The zero-order valence-electron chi connectivity index (χ0n) is 24.5. The lowest BCUT2D eigenvalue weighted by molar-refractivity contribution is -0.201. The summed E-state index contributed by atoms with van der Waals surface area (Å²) in [4.78, 5) is 25.9. The van der Waals surface area contributed by atoms with Crippen molar-refractivity contribution in [2.24, 2.45) is 28.6 Å². The highest BCUT2D eigenvalue weighted by Crippen LogP contribution is 2.70. The van der Waals surface area contributed by atoms with Crippen molar-refractivity contribution in [1.82, 2.24) is 0 Å². The van der Waals surface area contributed by atoms with Crippen molar-refractivity contribution in [1.29, 1.82) is 0 Å². The van der Waals surface area contributed by atoms with Crippen LogP contribution in [0.25, 0.3) is 0 Å². The van der Waals surface area contributed by atoms with E-state index in [9.17, 15) is 19.8 Å². The van der Waals surface area contributed by atoms with Crippen LogP contribution in [0.1, 0.15) is 62.5 Å². The molecule has 226 valence electrons. The lowest BCUT2D eigenvalue weighted by Gasteiger charge is -2.59. The molecule has 3 saturated carbocycles. The second kappa shape index (κ2) is 9.92. The molecule has 7 rings (SSSR count). The van der Waals surface area contributed by atoms with Crippen molar-refractivity contribution in [3.8, 4) is 0 Å².